The Kier molecular flexibility index (Phi) is 5.65. The van der Waals surface area contributed by atoms with E-state index in [2.05, 4.69) is 10.5 Å². The van der Waals surface area contributed by atoms with Crippen LogP contribution < -0.4 is 10.2 Å². The number of hydrogen-bond donors (Lipinski definition) is 2. The molecule has 1 aromatic heterocycles. The zero-order valence-corrected chi connectivity index (χ0v) is 16.2. The maximum Gasteiger partial charge on any atom is 0.335 e. The number of hydrogen-bond acceptors (Lipinski definition) is 5. The minimum Gasteiger partial charge on any atom is -0.495 e. The summed E-state index contributed by atoms with van der Waals surface area (Å²) in [5, 5.41) is 14.1. The molecule has 1 heterocycles. The van der Waals surface area contributed by atoms with Crippen molar-refractivity contribution in [3.8, 4) is 5.75 Å². The van der Waals surface area contributed by atoms with Crippen LogP contribution >= 0.6 is 34.5 Å². The van der Waals surface area contributed by atoms with Gasteiger partial charge in [0, 0.05) is 5.39 Å². The number of amides is 1. The quantitative estimate of drug-likeness (QED) is 0.461. The van der Waals surface area contributed by atoms with E-state index in [0.717, 1.165) is 11.3 Å². The number of nitrogens with zero attached hydrogens (tertiary/aromatic N) is 1. The number of carbonyl (C=O) groups excluding carboxylic acids is 1. The summed E-state index contributed by atoms with van der Waals surface area (Å²) in [6.45, 7) is 0. The van der Waals surface area contributed by atoms with Crippen molar-refractivity contribution >= 4 is 62.7 Å². The van der Waals surface area contributed by atoms with E-state index in [1.165, 1.54) is 25.5 Å². The standard InChI is InChI=1S/C18H12Cl2N2O4S/c1-26-12-7-6-11-13(19)16(27-15(11)14(12)20)17(23)22-21-8-9-2-4-10(5-3-9)18(24)25/h2-8H,1H3,(H,22,23)(H,24,25)/b21-8+. The van der Waals surface area contributed by atoms with Gasteiger partial charge in [0.25, 0.3) is 5.91 Å². The van der Waals surface area contributed by atoms with E-state index in [0.29, 0.717) is 26.4 Å². The highest BCUT2D eigenvalue weighted by Gasteiger charge is 2.20. The van der Waals surface area contributed by atoms with Gasteiger partial charge in [-0.1, -0.05) is 35.3 Å². The third kappa shape index (κ3) is 3.90. The highest BCUT2D eigenvalue weighted by atomic mass is 35.5. The molecule has 0 fully saturated rings. The van der Waals surface area contributed by atoms with Crippen molar-refractivity contribution in [3.05, 3.63) is 62.4 Å². The SMILES string of the molecule is COc1ccc2c(Cl)c(C(=O)N/N=C/c3ccc(C(=O)O)cc3)sc2c1Cl. The molecule has 0 unspecified atom stereocenters. The average molecular weight is 423 g/mol. The number of hydrazone groups is 1. The molecule has 0 saturated carbocycles. The van der Waals surface area contributed by atoms with Crippen LogP contribution in [0.15, 0.2) is 41.5 Å². The van der Waals surface area contributed by atoms with Gasteiger partial charge in [0.2, 0.25) is 0 Å². The summed E-state index contributed by atoms with van der Waals surface area (Å²) in [7, 11) is 1.51. The number of carboxylic acids is 1. The Morgan fingerprint density at radius 3 is 2.48 bits per heavy atom. The molecule has 0 saturated heterocycles. The van der Waals surface area contributed by atoms with Gasteiger partial charge in [0.15, 0.2) is 0 Å². The smallest absolute Gasteiger partial charge is 0.335 e. The Labute approximate surface area is 168 Å². The van der Waals surface area contributed by atoms with Crippen LogP contribution in [0.4, 0.5) is 0 Å². The molecule has 2 aromatic carbocycles. The molecule has 0 radical (unpaired) electrons. The van der Waals surface area contributed by atoms with E-state index in [1.54, 1.807) is 24.3 Å². The van der Waals surface area contributed by atoms with Crippen LogP contribution in [-0.4, -0.2) is 30.3 Å². The van der Waals surface area contributed by atoms with E-state index in [1.807, 2.05) is 0 Å². The Hall–Kier alpha value is -2.61. The van der Waals surface area contributed by atoms with Gasteiger partial charge in [0.1, 0.15) is 15.6 Å². The fraction of sp³-hybridized carbons (Fsp3) is 0.0556. The maximum absolute atomic E-state index is 12.4. The molecule has 0 aliphatic carbocycles. The molecule has 0 spiro atoms. The molecule has 0 atom stereocenters. The summed E-state index contributed by atoms with van der Waals surface area (Å²) in [6, 6.07) is 9.48. The predicted molar refractivity (Wildman–Crippen MR) is 107 cm³/mol. The normalized spacial score (nSPS) is 11.1. The van der Waals surface area contributed by atoms with Crippen molar-refractivity contribution in [3.63, 3.8) is 0 Å². The number of aromatic carboxylic acids is 1. The number of methoxy groups -OCH3 is 1. The molecule has 2 N–H and O–H groups in total. The number of benzene rings is 2. The number of carbonyl (C=O) groups is 2. The molecule has 0 aliphatic rings. The van der Waals surface area contributed by atoms with E-state index < -0.39 is 11.9 Å². The summed E-state index contributed by atoms with van der Waals surface area (Å²) in [5.41, 5.74) is 3.20. The molecule has 9 heteroatoms. The summed E-state index contributed by atoms with van der Waals surface area (Å²) < 4.78 is 5.82. The van der Waals surface area contributed by atoms with Crippen molar-refractivity contribution in [2.24, 2.45) is 5.10 Å². The first-order valence-electron chi connectivity index (χ1n) is 7.53. The Morgan fingerprint density at radius 2 is 1.85 bits per heavy atom. The third-order valence-electron chi connectivity index (χ3n) is 3.67. The van der Waals surface area contributed by atoms with E-state index in [-0.39, 0.29) is 15.5 Å². The number of fused-ring (bicyclic) bond motifs is 1. The van der Waals surface area contributed by atoms with Crippen molar-refractivity contribution < 1.29 is 19.4 Å². The first kappa shape index (κ1) is 19.2. The zero-order valence-electron chi connectivity index (χ0n) is 13.8. The van der Waals surface area contributed by atoms with Gasteiger partial charge in [-0.25, -0.2) is 10.2 Å². The van der Waals surface area contributed by atoms with Crippen molar-refractivity contribution in [2.75, 3.05) is 7.11 Å². The first-order chi connectivity index (χ1) is 12.9. The second-order valence-electron chi connectivity index (χ2n) is 5.33. The summed E-state index contributed by atoms with van der Waals surface area (Å²) in [5.74, 6) is -0.993. The number of carboxylic acid groups (broad SMARTS) is 1. The van der Waals surface area contributed by atoms with Crippen molar-refractivity contribution in [2.45, 2.75) is 0 Å². The van der Waals surface area contributed by atoms with Gasteiger partial charge < -0.3 is 9.84 Å². The minimum atomic E-state index is -1.01. The Balaban J connectivity index is 1.79. The monoisotopic (exact) mass is 422 g/mol. The van der Waals surface area contributed by atoms with E-state index in [9.17, 15) is 9.59 Å². The van der Waals surface area contributed by atoms with Crippen LogP contribution in [0.25, 0.3) is 10.1 Å². The van der Waals surface area contributed by atoms with Crippen LogP contribution in [0, 0.1) is 0 Å². The fourth-order valence-corrected chi connectivity index (χ4v) is 4.10. The number of rotatable bonds is 5. The minimum absolute atomic E-state index is 0.167. The van der Waals surface area contributed by atoms with Crippen LogP contribution in [0.2, 0.25) is 10.0 Å². The largest absolute Gasteiger partial charge is 0.495 e. The molecule has 0 aliphatic heterocycles. The average Bonchev–Trinajstić information content (AvgIpc) is 3.00. The second-order valence-corrected chi connectivity index (χ2v) is 7.11. The molecule has 27 heavy (non-hydrogen) atoms. The van der Waals surface area contributed by atoms with E-state index >= 15 is 0 Å². The molecular weight excluding hydrogens is 411 g/mol. The topological polar surface area (TPSA) is 88.0 Å². The number of thiophene rings is 1. The van der Waals surface area contributed by atoms with Gasteiger partial charge in [-0.3, -0.25) is 4.79 Å². The van der Waals surface area contributed by atoms with Crippen LogP contribution in [0.3, 0.4) is 0 Å². The highest BCUT2D eigenvalue weighted by molar-refractivity contribution is 7.22. The fourth-order valence-electron chi connectivity index (χ4n) is 2.31. The van der Waals surface area contributed by atoms with Crippen LogP contribution in [0.1, 0.15) is 25.6 Å². The summed E-state index contributed by atoms with van der Waals surface area (Å²) in [4.78, 5) is 23.5. The van der Waals surface area contributed by atoms with Crippen LogP contribution in [-0.2, 0) is 0 Å². The summed E-state index contributed by atoms with van der Waals surface area (Å²) in [6.07, 6.45) is 1.40. The van der Waals surface area contributed by atoms with Crippen molar-refractivity contribution in [1.82, 2.24) is 5.43 Å². The van der Waals surface area contributed by atoms with Gasteiger partial charge in [-0.05, 0) is 29.8 Å². The van der Waals surface area contributed by atoms with Crippen molar-refractivity contribution in [1.29, 1.82) is 0 Å². The lowest BCUT2D eigenvalue weighted by atomic mass is 10.1. The lowest BCUT2D eigenvalue weighted by Gasteiger charge is -2.02. The molecule has 3 aromatic rings. The number of ether oxygens (including phenoxy) is 1. The molecule has 1 amide bonds. The zero-order chi connectivity index (χ0) is 19.6. The molecule has 138 valence electrons. The van der Waals surface area contributed by atoms with Gasteiger partial charge in [0.05, 0.1) is 28.6 Å². The number of nitrogens with one attached hydrogen (secondary N) is 1. The van der Waals surface area contributed by atoms with E-state index in [4.69, 9.17) is 33.0 Å². The molecular formula is C18H12Cl2N2O4S. The predicted octanol–water partition coefficient (Wildman–Crippen LogP) is 4.68. The Bertz CT molecular complexity index is 1060. The lowest BCUT2D eigenvalue weighted by Crippen LogP contribution is -2.16. The maximum atomic E-state index is 12.4. The second kappa shape index (κ2) is 7.96. The molecule has 0 bridgehead atoms. The lowest BCUT2D eigenvalue weighted by molar-refractivity contribution is 0.0696. The third-order valence-corrected chi connectivity index (χ3v) is 5.88. The number of halogens is 2. The summed E-state index contributed by atoms with van der Waals surface area (Å²) >= 11 is 13.7. The van der Waals surface area contributed by atoms with Gasteiger partial charge >= 0.3 is 5.97 Å². The highest BCUT2D eigenvalue weighted by Crippen LogP contribution is 2.42. The van der Waals surface area contributed by atoms with Gasteiger partial charge in [-0.15, -0.1) is 11.3 Å². The van der Waals surface area contributed by atoms with Gasteiger partial charge in [-0.2, -0.15) is 5.10 Å². The van der Waals surface area contributed by atoms with Crippen LogP contribution in [0.5, 0.6) is 5.75 Å². The Morgan fingerprint density at radius 1 is 1.15 bits per heavy atom. The molecule has 3 rings (SSSR count). The molecule has 6 nitrogen and oxygen atoms in total. The first-order valence-corrected chi connectivity index (χ1v) is 9.11.